The molecule has 15 heavy (non-hydrogen) atoms. The number of rotatable bonds is 3. The van der Waals surface area contributed by atoms with E-state index in [1.807, 2.05) is 0 Å². The van der Waals surface area contributed by atoms with Crippen molar-refractivity contribution in [2.45, 2.75) is 5.50 Å². The van der Waals surface area contributed by atoms with Crippen LogP contribution in [0.25, 0.3) is 0 Å². The van der Waals surface area contributed by atoms with Gasteiger partial charge >= 0.3 is 59.0 Å². The molecule has 0 radical (unpaired) electrons. The predicted octanol–water partition coefficient (Wildman–Crippen LogP) is 0.672. The molecule has 0 aliphatic heterocycles. The summed E-state index contributed by atoms with van der Waals surface area (Å²) in [4.78, 5) is 11.1. The van der Waals surface area contributed by atoms with Gasteiger partial charge in [-0.25, -0.2) is 4.39 Å². The second-order valence-electron chi connectivity index (χ2n) is 2.56. The number of carbonyl (C=O) groups is 1. The Morgan fingerprint density at radius 3 is 2.13 bits per heavy atom. The first-order valence-corrected chi connectivity index (χ1v) is 5.13. The second-order valence-corrected chi connectivity index (χ2v) is 4.01. The number of benzene rings is 1. The van der Waals surface area contributed by atoms with E-state index in [4.69, 9.17) is 4.55 Å². The summed E-state index contributed by atoms with van der Waals surface area (Å²) < 4.78 is 41.7. The van der Waals surface area contributed by atoms with Crippen LogP contribution >= 0.6 is 0 Å². The molecule has 0 aliphatic carbocycles. The maximum Gasteiger partial charge on any atom is 2.00 e. The van der Waals surface area contributed by atoms with Crippen LogP contribution in [0.5, 0.6) is 0 Å². The zero-order chi connectivity index (χ0) is 10.8. The molecular weight excluding hydrogens is 348 g/mol. The molecule has 1 unspecified atom stereocenters. The molecule has 76 valence electrons. The number of ketones is 1. The average molecular weight is 356 g/mol. The van der Waals surface area contributed by atoms with Crippen molar-refractivity contribution in [3.05, 3.63) is 35.9 Å². The Balaban J connectivity index is 0.00000196. The first-order chi connectivity index (χ1) is 6.43. The van der Waals surface area contributed by atoms with Crippen molar-refractivity contribution >= 4 is 64.8 Å². The number of alkyl halides is 1. The van der Waals surface area contributed by atoms with Crippen LogP contribution in [-0.2, 0) is 10.1 Å². The fourth-order valence-electron chi connectivity index (χ4n) is 0.869. The topological polar surface area (TPSA) is 71.4 Å². The Kier molecular flexibility index (Phi) is 6.26. The van der Waals surface area contributed by atoms with Crippen LogP contribution in [-0.4, -0.2) is 73.1 Å². The number of hydrogen-bond donors (Lipinski definition) is 1. The minimum absolute atomic E-state index is 0. The number of Topliss-reactive ketones (excluding diaryl/α,β-unsaturated/α-hetero) is 1. The van der Waals surface area contributed by atoms with Gasteiger partial charge in [0.15, 0.2) is 0 Å². The van der Waals surface area contributed by atoms with Crippen molar-refractivity contribution in [1.82, 2.24) is 0 Å². The standard InChI is InChI=1S/C8H7FO4S.Ba/c9-8(14(11,12)13)7(10)6-4-2-1-3-5-6;/h1-5,8H,(H,11,12,13);/q;+2. The maximum absolute atomic E-state index is 12.8. The van der Waals surface area contributed by atoms with Crippen LogP contribution in [0.4, 0.5) is 4.39 Å². The van der Waals surface area contributed by atoms with Crippen LogP contribution in [0.2, 0.25) is 0 Å². The average Bonchev–Trinajstić information content (AvgIpc) is 2.15. The molecule has 0 spiro atoms. The van der Waals surface area contributed by atoms with Crippen molar-refractivity contribution in [3.8, 4) is 0 Å². The van der Waals surface area contributed by atoms with Crippen molar-refractivity contribution in [3.63, 3.8) is 0 Å². The third-order valence-corrected chi connectivity index (χ3v) is 2.26. The Bertz CT molecular complexity index is 431. The van der Waals surface area contributed by atoms with Crippen LogP contribution in [0.1, 0.15) is 10.4 Å². The van der Waals surface area contributed by atoms with Gasteiger partial charge in [0.2, 0.25) is 5.78 Å². The Hall–Kier alpha value is 0.301. The minimum atomic E-state index is -4.97. The third-order valence-electron chi connectivity index (χ3n) is 1.53. The second kappa shape index (κ2) is 6.14. The van der Waals surface area contributed by atoms with Gasteiger partial charge in [-0.05, 0) is 0 Å². The fourth-order valence-corrected chi connectivity index (χ4v) is 1.28. The summed E-state index contributed by atoms with van der Waals surface area (Å²) in [5.41, 5.74) is -3.01. The Morgan fingerprint density at radius 2 is 1.73 bits per heavy atom. The molecule has 0 heterocycles. The fraction of sp³-hybridized carbons (Fsp3) is 0.125. The molecule has 1 aromatic carbocycles. The first-order valence-electron chi connectivity index (χ1n) is 3.62. The summed E-state index contributed by atoms with van der Waals surface area (Å²) >= 11 is 0. The normalized spacial score (nSPS) is 12.7. The zero-order valence-corrected chi connectivity index (χ0v) is 12.9. The van der Waals surface area contributed by atoms with Gasteiger partial charge in [0.25, 0.3) is 5.50 Å². The molecule has 4 nitrogen and oxygen atoms in total. The van der Waals surface area contributed by atoms with Crippen molar-refractivity contribution in [2.24, 2.45) is 0 Å². The Morgan fingerprint density at radius 1 is 1.27 bits per heavy atom. The third kappa shape index (κ3) is 4.35. The van der Waals surface area contributed by atoms with Gasteiger partial charge in [-0.15, -0.1) is 0 Å². The summed E-state index contributed by atoms with van der Waals surface area (Å²) in [5.74, 6) is -1.27. The number of halogens is 1. The maximum atomic E-state index is 12.8. The molecule has 1 N–H and O–H groups in total. The van der Waals surface area contributed by atoms with Crippen molar-refractivity contribution < 1.29 is 22.2 Å². The van der Waals surface area contributed by atoms with E-state index >= 15 is 0 Å². The largest absolute Gasteiger partial charge is 2.00 e. The molecule has 1 atom stereocenters. The van der Waals surface area contributed by atoms with Gasteiger partial charge in [-0.3, -0.25) is 9.35 Å². The van der Waals surface area contributed by atoms with E-state index in [9.17, 15) is 17.6 Å². The number of carbonyl (C=O) groups excluding carboxylic acids is 1. The van der Waals surface area contributed by atoms with Gasteiger partial charge in [0.05, 0.1) is 0 Å². The van der Waals surface area contributed by atoms with E-state index in [2.05, 4.69) is 0 Å². The molecule has 1 aromatic rings. The summed E-state index contributed by atoms with van der Waals surface area (Å²) in [5, 5.41) is 0. The molecule has 0 bridgehead atoms. The molecule has 0 saturated carbocycles. The monoisotopic (exact) mass is 356 g/mol. The van der Waals surface area contributed by atoms with Crippen LogP contribution in [0.3, 0.4) is 0 Å². The van der Waals surface area contributed by atoms with E-state index in [1.54, 1.807) is 6.07 Å². The summed E-state index contributed by atoms with van der Waals surface area (Å²) in [6.45, 7) is 0. The van der Waals surface area contributed by atoms with E-state index in [-0.39, 0.29) is 54.4 Å². The van der Waals surface area contributed by atoms with Crippen molar-refractivity contribution in [1.29, 1.82) is 0 Å². The molecule has 1 rings (SSSR count). The van der Waals surface area contributed by atoms with Gasteiger partial charge < -0.3 is 0 Å². The molecule has 7 heteroatoms. The molecule has 0 aliphatic rings. The SMILES string of the molecule is O=C(c1ccccc1)C(F)S(=O)(=O)O.[Ba+2]. The van der Waals surface area contributed by atoms with Crippen molar-refractivity contribution in [2.75, 3.05) is 0 Å². The smallest absolute Gasteiger partial charge is 0.290 e. The Labute approximate surface area is 127 Å². The van der Waals surface area contributed by atoms with E-state index in [0.29, 0.717) is 0 Å². The van der Waals surface area contributed by atoms with Gasteiger partial charge in [0.1, 0.15) is 0 Å². The number of hydrogen-bond acceptors (Lipinski definition) is 3. The van der Waals surface area contributed by atoms with Gasteiger partial charge in [-0.2, -0.15) is 8.42 Å². The molecule has 0 saturated heterocycles. The molecular formula is C8H7BaFO4S+2. The summed E-state index contributed by atoms with van der Waals surface area (Å²) in [7, 11) is -4.97. The summed E-state index contributed by atoms with van der Waals surface area (Å²) in [6.07, 6.45) is 0. The quantitative estimate of drug-likeness (QED) is 0.491. The van der Waals surface area contributed by atoms with Crippen LogP contribution in [0.15, 0.2) is 30.3 Å². The summed E-state index contributed by atoms with van der Waals surface area (Å²) in [6, 6.07) is 7.05. The van der Waals surface area contributed by atoms with E-state index in [1.165, 1.54) is 24.3 Å². The molecule has 0 aromatic heterocycles. The molecule has 0 amide bonds. The van der Waals surface area contributed by atoms with Gasteiger partial charge in [-0.1, -0.05) is 30.3 Å². The van der Waals surface area contributed by atoms with Crippen LogP contribution < -0.4 is 0 Å². The van der Waals surface area contributed by atoms with Crippen LogP contribution in [0, 0.1) is 0 Å². The first kappa shape index (κ1) is 15.3. The van der Waals surface area contributed by atoms with E-state index < -0.39 is 21.4 Å². The zero-order valence-electron chi connectivity index (χ0n) is 7.63. The molecule has 0 fully saturated rings. The van der Waals surface area contributed by atoms with Gasteiger partial charge in [0, 0.05) is 5.56 Å². The van der Waals surface area contributed by atoms with E-state index in [0.717, 1.165) is 0 Å². The predicted molar refractivity (Wildman–Crippen MR) is 53.0 cm³/mol. The minimum Gasteiger partial charge on any atom is -0.290 e.